The number of anilines is 1. The van der Waals surface area contributed by atoms with Gasteiger partial charge in [-0.3, -0.25) is 9.59 Å². The lowest BCUT2D eigenvalue weighted by Crippen LogP contribution is -2.32. The first-order chi connectivity index (χ1) is 12.7. The van der Waals surface area contributed by atoms with Gasteiger partial charge in [0.15, 0.2) is 11.5 Å². The lowest BCUT2D eigenvalue weighted by atomic mass is 10.2. The Morgan fingerprint density at radius 2 is 1.96 bits per heavy atom. The number of para-hydroxylation sites is 2. The normalized spacial score (nSPS) is 12.0. The van der Waals surface area contributed by atoms with Crippen LogP contribution in [-0.2, 0) is 9.59 Å². The van der Waals surface area contributed by atoms with Gasteiger partial charge in [0.2, 0.25) is 6.79 Å². The molecule has 0 spiro atoms. The number of nitrogens with one attached hydrogen (secondary N) is 2. The average Bonchev–Trinajstić information content (AvgIpc) is 3.11. The van der Waals surface area contributed by atoms with E-state index in [9.17, 15) is 9.59 Å². The van der Waals surface area contributed by atoms with Crippen LogP contribution in [0, 0.1) is 0 Å². The molecule has 0 aliphatic carbocycles. The minimum absolute atomic E-state index is 0.177. The van der Waals surface area contributed by atoms with E-state index in [2.05, 4.69) is 15.8 Å². The van der Waals surface area contributed by atoms with Crippen LogP contribution < -0.4 is 25.0 Å². The highest BCUT2D eigenvalue weighted by atomic mass is 16.7. The zero-order chi connectivity index (χ0) is 18.4. The lowest BCUT2D eigenvalue weighted by molar-refractivity contribution is -0.136. The predicted molar refractivity (Wildman–Crippen MR) is 94.5 cm³/mol. The van der Waals surface area contributed by atoms with Crippen molar-refractivity contribution in [1.82, 2.24) is 5.43 Å². The van der Waals surface area contributed by atoms with Gasteiger partial charge in [-0.2, -0.15) is 5.10 Å². The summed E-state index contributed by atoms with van der Waals surface area (Å²) in [7, 11) is 0. The molecule has 0 saturated heterocycles. The number of fused-ring (bicyclic) bond motifs is 1. The topological polar surface area (TPSA) is 98.2 Å². The number of benzene rings is 2. The molecule has 1 aliphatic rings. The summed E-state index contributed by atoms with van der Waals surface area (Å²) in [4.78, 5) is 23.8. The van der Waals surface area contributed by atoms with Gasteiger partial charge in [0, 0.05) is 0 Å². The molecular weight excluding hydrogens is 338 g/mol. The van der Waals surface area contributed by atoms with Gasteiger partial charge < -0.3 is 19.5 Å². The molecule has 2 amide bonds. The molecule has 8 nitrogen and oxygen atoms in total. The fourth-order valence-electron chi connectivity index (χ4n) is 2.24. The number of ether oxygens (including phenoxy) is 3. The van der Waals surface area contributed by atoms with Gasteiger partial charge in [-0.05, 0) is 42.8 Å². The van der Waals surface area contributed by atoms with Gasteiger partial charge in [-0.1, -0.05) is 12.1 Å². The smallest absolute Gasteiger partial charge is 0.329 e. The van der Waals surface area contributed by atoms with Crippen LogP contribution in [0.3, 0.4) is 0 Å². The van der Waals surface area contributed by atoms with Crippen molar-refractivity contribution in [3.63, 3.8) is 0 Å². The average molecular weight is 355 g/mol. The molecule has 0 fully saturated rings. The molecule has 0 bridgehead atoms. The first-order valence-electron chi connectivity index (χ1n) is 7.93. The molecule has 3 rings (SSSR count). The summed E-state index contributed by atoms with van der Waals surface area (Å²) in [6.45, 7) is 2.45. The second-order valence-corrected chi connectivity index (χ2v) is 5.20. The van der Waals surface area contributed by atoms with Crippen LogP contribution in [0.4, 0.5) is 5.69 Å². The van der Waals surface area contributed by atoms with Gasteiger partial charge in [0.1, 0.15) is 5.75 Å². The first-order valence-corrected chi connectivity index (χ1v) is 7.93. The molecule has 26 heavy (non-hydrogen) atoms. The second kappa shape index (κ2) is 8.02. The Labute approximate surface area is 149 Å². The van der Waals surface area contributed by atoms with Crippen LogP contribution in [0.1, 0.15) is 12.5 Å². The summed E-state index contributed by atoms with van der Waals surface area (Å²) in [5.74, 6) is -0.00243. The molecule has 0 saturated carbocycles. The van der Waals surface area contributed by atoms with Gasteiger partial charge in [0.25, 0.3) is 0 Å². The fourth-order valence-corrected chi connectivity index (χ4v) is 2.24. The van der Waals surface area contributed by atoms with Gasteiger partial charge in [0.05, 0.1) is 18.5 Å². The van der Waals surface area contributed by atoms with Crippen LogP contribution >= 0.6 is 0 Å². The number of carbonyl (C=O) groups excluding carboxylic acids is 2. The van der Waals surface area contributed by atoms with Crippen LogP contribution in [0.2, 0.25) is 0 Å². The van der Waals surface area contributed by atoms with E-state index in [-0.39, 0.29) is 6.79 Å². The molecule has 134 valence electrons. The number of hydrogen-bond acceptors (Lipinski definition) is 6. The number of carbonyl (C=O) groups is 2. The van der Waals surface area contributed by atoms with E-state index in [0.717, 1.165) is 0 Å². The number of nitrogens with zero attached hydrogens (tertiary/aromatic N) is 1. The number of hydrogen-bond donors (Lipinski definition) is 2. The summed E-state index contributed by atoms with van der Waals surface area (Å²) in [5.41, 5.74) is 3.28. The van der Waals surface area contributed by atoms with E-state index in [4.69, 9.17) is 14.2 Å². The minimum atomic E-state index is -0.895. The van der Waals surface area contributed by atoms with E-state index in [1.807, 2.05) is 6.92 Å². The Morgan fingerprint density at radius 3 is 2.81 bits per heavy atom. The quantitative estimate of drug-likeness (QED) is 0.485. The van der Waals surface area contributed by atoms with Crippen molar-refractivity contribution in [1.29, 1.82) is 0 Å². The highest BCUT2D eigenvalue weighted by Gasteiger charge is 2.15. The van der Waals surface area contributed by atoms with Crippen molar-refractivity contribution < 1.29 is 23.8 Å². The summed E-state index contributed by atoms with van der Waals surface area (Å²) >= 11 is 0. The maximum Gasteiger partial charge on any atom is 0.329 e. The molecule has 0 unspecified atom stereocenters. The van der Waals surface area contributed by atoms with Gasteiger partial charge >= 0.3 is 11.8 Å². The Balaban J connectivity index is 1.57. The molecule has 1 heterocycles. The molecular formula is C18H17N3O5. The van der Waals surface area contributed by atoms with Crippen LogP contribution in [-0.4, -0.2) is 31.4 Å². The minimum Gasteiger partial charge on any atom is -0.492 e. The SMILES string of the molecule is CCOc1ccccc1NC(=O)C(=O)NN=Cc1ccc2c(c1)OCO2. The number of amides is 2. The Hall–Kier alpha value is -3.55. The number of hydrazone groups is 1. The van der Waals surface area contributed by atoms with E-state index in [1.54, 1.807) is 42.5 Å². The van der Waals surface area contributed by atoms with Crippen molar-refractivity contribution in [3.8, 4) is 17.2 Å². The van der Waals surface area contributed by atoms with Crippen molar-refractivity contribution in [3.05, 3.63) is 48.0 Å². The monoisotopic (exact) mass is 355 g/mol. The third-order valence-corrected chi connectivity index (χ3v) is 3.42. The number of rotatable bonds is 5. The van der Waals surface area contributed by atoms with Crippen LogP contribution in [0.15, 0.2) is 47.6 Å². The molecule has 2 aromatic rings. The Morgan fingerprint density at radius 1 is 1.15 bits per heavy atom. The summed E-state index contributed by atoms with van der Waals surface area (Å²) in [6, 6.07) is 12.1. The van der Waals surface area contributed by atoms with Crippen LogP contribution in [0.25, 0.3) is 0 Å². The molecule has 0 aromatic heterocycles. The molecule has 8 heteroatoms. The predicted octanol–water partition coefficient (Wildman–Crippen LogP) is 1.90. The third-order valence-electron chi connectivity index (χ3n) is 3.42. The van der Waals surface area contributed by atoms with E-state index in [1.165, 1.54) is 6.21 Å². The molecule has 0 radical (unpaired) electrons. The van der Waals surface area contributed by atoms with E-state index >= 15 is 0 Å². The van der Waals surface area contributed by atoms with Gasteiger partial charge in [-0.15, -0.1) is 0 Å². The standard InChI is InChI=1S/C18H17N3O5/c1-2-24-14-6-4-3-5-13(14)20-17(22)18(23)21-19-10-12-7-8-15-16(9-12)26-11-25-15/h3-10H,2,11H2,1H3,(H,20,22)(H,21,23). The second-order valence-electron chi connectivity index (χ2n) is 5.20. The van der Waals surface area contributed by atoms with Gasteiger partial charge in [-0.25, -0.2) is 5.43 Å². The van der Waals surface area contributed by atoms with Crippen molar-refractivity contribution in [2.75, 3.05) is 18.7 Å². The lowest BCUT2D eigenvalue weighted by Gasteiger charge is -2.10. The maximum atomic E-state index is 12.0. The zero-order valence-electron chi connectivity index (χ0n) is 14.0. The van der Waals surface area contributed by atoms with Crippen LogP contribution in [0.5, 0.6) is 17.2 Å². The zero-order valence-corrected chi connectivity index (χ0v) is 14.0. The Kier molecular flexibility index (Phi) is 5.33. The highest BCUT2D eigenvalue weighted by Crippen LogP contribution is 2.31. The first kappa shape index (κ1) is 17.3. The summed E-state index contributed by atoms with van der Waals surface area (Å²) < 4.78 is 15.9. The van der Waals surface area contributed by atoms with Crippen molar-refractivity contribution in [2.24, 2.45) is 5.10 Å². The van der Waals surface area contributed by atoms with E-state index < -0.39 is 11.8 Å². The molecule has 2 aromatic carbocycles. The molecule has 0 atom stereocenters. The summed E-state index contributed by atoms with van der Waals surface area (Å²) in [5, 5.41) is 6.27. The largest absolute Gasteiger partial charge is 0.492 e. The maximum absolute atomic E-state index is 12.0. The van der Waals surface area contributed by atoms with Crippen molar-refractivity contribution in [2.45, 2.75) is 6.92 Å². The third kappa shape index (κ3) is 4.10. The van der Waals surface area contributed by atoms with E-state index in [0.29, 0.717) is 35.1 Å². The molecule has 2 N–H and O–H groups in total. The van der Waals surface area contributed by atoms with Crippen molar-refractivity contribution >= 4 is 23.7 Å². The Bertz CT molecular complexity index is 850. The highest BCUT2D eigenvalue weighted by molar-refractivity contribution is 6.39. The molecule has 1 aliphatic heterocycles. The summed E-state index contributed by atoms with van der Waals surface area (Å²) in [6.07, 6.45) is 1.40. The fraction of sp³-hybridized carbons (Fsp3) is 0.167.